The molecule has 15 heavy (non-hydrogen) atoms. The van der Waals surface area contributed by atoms with Crippen molar-refractivity contribution in [3.8, 4) is 0 Å². The zero-order valence-electron chi connectivity index (χ0n) is 8.07. The second kappa shape index (κ2) is 7.42. The molecule has 0 aromatic carbocycles. The van der Waals surface area contributed by atoms with Crippen molar-refractivity contribution in [2.24, 2.45) is 0 Å². The first-order valence-corrected chi connectivity index (χ1v) is 5.27. The maximum Gasteiger partial charge on any atom is 1.00 e. The Morgan fingerprint density at radius 2 is 1.80 bits per heavy atom. The van der Waals surface area contributed by atoms with Gasteiger partial charge in [-0.2, -0.15) is 0 Å². The molecule has 9 heteroatoms. The van der Waals surface area contributed by atoms with Gasteiger partial charge in [0.25, 0.3) is 0 Å². The molecule has 7 nitrogen and oxygen atoms in total. The number of carboxylic acid groups (broad SMARTS) is 1. The molecule has 0 spiro atoms. The fourth-order valence-electron chi connectivity index (χ4n) is 0.700. The number of aliphatic hydroxyl groups excluding tert-OH is 4. The smallest absolute Gasteiger partial charge is 1.00 e. The normalized spacial score (nSPS) is 20.7. The van der Waals surface area contributed by atoms with E-state index in [1.165, 1.54) is 0 Å². The molecule has 0 aliphatic heterocycles. The van der Waals surface area contributed by atoms with Crippen molar-refractivity contribution in [3.63, 3.8) is 0 Å². The summed E-state index contributed by atoms with van der Waals surface area (Å²) in [5.41, 5.74) is 0. The summed E-state index contributed by atoms with van der Waals surface area (Å²) >= 11 is -0.326. The first-order valence-electron chi connectivity index (χ1n) is 3.62. The van der Waals surface area contributed by atoms with Crippen molar-refractivity contribution in [3.05, 3.63) is 0 Å². The Balaban J connectivity index is 0. The SMILES string of the molecule is O=C([O-])[C@@](O)([SbH2])[C@@H](O)[C@H](O)[C@H](O)CO.[Na+]. The molecule has 0 aromatic heterocycles. The average Bonchev–Trinajstić information content (AvgIpc) is 2.13. The van der Waals surface area contributed by atoms with Crippen molar-refractivity contribution in [1.29, 1.82) is 0 Å². The Morgan fingerprint density at radius 3 is 2.07 bits per heavy atom. The number of carboxylic acids is 1. The molecule has 0 fully saturated rings. The second-order valence-corrected chi connectivity index (χ2v) is 5.31. The molecule has 84 valence electrons. The van der Waals surface area contributed by atoms with Crippen molar-refractivity contribution in [1.82, 2.24) is 0 Å². The molecule has 0 heterocycles. The van der Waals surface area contributed by atoms with E-state index in [9.17, 15) is 9.90 Å². The van der Waals surface area contributed by atoms with E-state index in [1.54, 1.807) is 0 Å². The zero-order chi connectivity index (χ0) is 11.5. The van der Waals surface area contributed by atoms with Gasteiger partial charge in [-0.05, 0) is 0 Å². The third-order valence-corrected chi connectivity index (χ3v) is 3.33. The summed E-state index contributed by atoms with van der Waals surface area (Å²) in [6.45, 7) is -0.859. The monoisotopic (exact) mass is 340 g/mol. The van der Waals surface area contributed by atoms with Gasteiger partial charge in [0.15, 0.2) is 0 Å². The van der Waals surface area contributed by atoms with Crippen LogP contribution in [0.4, 0.5) is 0 Å². The van der Waals surface area contributed by atoms with Crippen LogP contribution < -0.4 is 34.7 Å². The van der Waals surface area contributed by atoms with Gasteiger partial charge in [0.2, 0.25) is 0 Å². The van der Waals surface area contributed by atoms with E-state index >= 15 is 0 Å². The predicted molar refractivity (Wildman–Crippen MR) is 43.6 cm³/mol. The number of aliphatic carboxylic acids is 1. The maximum absolute atomic E-state index is 10.3. The van der Waals surface area contributed by atoms with Gasteiger partial charge in [0.1, 0.15) is 0 Å². The van der Waals surface area contributed by atoms with Gasteiger partial charge in [0.05, 0.1) is 0 Å². The Kier molecular flexibility index (Phi) is 9.13. The number of carbonyl (C=O) groups is 1. The van der Waals surface area contributed by atoms with Crippen molar-refractivity contribution in [2.45, 2.75) is 21.9 Å². The van der Waals surface area contributed by atoms with Gasteiger partial charge in [-0.1, -0.05) is 0 Å². The van der Waals surface area contributed by atoms with Crippen LogP contribution in [0.15, 0.2) is 0 Å². The van der Waals surface area contributed by atoms with Crippen LogP contribution in [-0.4, -0.2) is 83.0 Å². The van der Waals surface area contributed by atoms with Crippen LogP contribution >= 0.6 is 0 Å². The molecule has 0 rings (SSSR count). The molecule has 0 saturated carbocycles. The Morgan fingerprint density at radius 1 is 1.40 bits per heavy atom. The summed E-state index contributed by atoms with van der Waals surface area (Å²) in [5, 5.41) is 55.0. The van der Waals surface area contributed by atoms with E-state index in [-0.39, 0.29) is 52.6 Å². The number of aliphatic hydroxyl groups is 5. The average molecular weight is 341 g/mol. The Hall–Kier alpha value is 1.09. The first kappa shape index (κ1) is 18.5. The quantitative estimate of drug-likeness (QED) is 0.313. The zero-order valence-corrected chi connectivity index (χ0v) is 13.4. The van der Waals surface area contributed by atoms with E-state index in [1.807, 2.05) is 0 Å². The van der Waals surface area contributed by atoms with Gasteiger partial charge < -0.3 is 0 Å². The van der Waals surface area contributed by atoms with E-state index in [4.69, 9.17) is 25.5 Å². The third-order valence-electron chi connectivity index (χ3n) is 1.68. The van der Waals surface area contributed by atoms with E-state index in [2.05, 4.69) is 0 Å². The molecular weight excluding hydrogens is 329 g/mol. The summed E-state index contributed by atoms with van der Waals surface area (Å²) in [6, 6.07) is 0. The molecule has 0 aliphatic rings. The fourth-order valence-corrected chi connectivity index (χ4v) is 1.26. The molecular formula is C6H12NaO7Sb. The Bertz CT molecular complexity index is 212. The van der Waals surface area contributed by atoms with Crippen LogP contribution in [0.1, 0.15) is 0 Å². The van der Waals surface area contributed by atoms with Crippen LogP contribution in [0.5, 0.6) is 0 Å². The predicted octanol–water partition coefficient (Wildman–Crippen LogP) is -8.86. The number of rotatable bonds is 5. The Labute approximate surface area is 122 Å². The summed E-state index contributed by atoms with van der Waals surface area (Å²) in [6.07, 6.45) is -5.77. The van der Waals surface area contributed by atoms with E-state index < -0.39 is 34.4 Å². The number of hydrogen-bond donors (Lipinski definition) is 5. The minimum Gasteiger partial charge on any atom is 1.00 e. The summed E-state index contributed by atoms with van der Waals surface area (Å²) < 4.78 is -2.57. The van der Waals surface area contributed by atoms with E-state index in [0.717, 1.165) is 0 Å². The number of carbonyl (C=O) groups excluding carboxylic acids is 1. The molecule has 0 aliphatic carbocycles. The van der Waals surface area contributed by atoms with Gasteiger partial charge in [0, 0.05) is 0 Å². The molecule has 0 bridgehead atoms. The number of hydrogen-bond acceptors (Lipinski definition) is 7. The van der Waals surface area contributed by atoms with Crippen LogP contribution in [0, 0.1) is 0 Å². The molecule has 4 atom stereocenters. The van der Waals surface area contributed by atoms with Crippen LogP contribution in [0.2, 0.25) is 0 Å². The van der Waals surface area contributed by atoms with Gasteiger partial charge in [-0.25, -0.2) is 0 Å². The molecule has 0 radical (unpaired) electrons. The minimum atomic E-state index is -2.57. The first-order chi connectivity index (χ1) is 6.25. The van der Waals surface area contributed by atoms with E-state index in [0.29, 0.717) is 0 Å². The molecule has 0 unspecified atom stereocenters. The molecule has 0 amide bonds. The summed E-state index contributed by atoms with van der Waals surface area (Å²) in [7, 11) is 0. The largest absolute Gasteiger partial charge is 1.00 e. The van der Waals surface area contributed by atoms with Gasteiger partial charge in [-0.3, -0.25) is 0 Å². The maximum atomic E-state index is 10.3. The standard InChI is InChI=1S/C6H11O7.Na.Sb.2H/c7-1-2(8)3(9)4(10)5(11)6(12)13;;;;/h2-4,7-11H,1H2,(H,12,13);;;;/q;+1;;;/p-1/t2-,3-,4+;;;;/m1..../s1. The van der Waals surface area contributed by atoms with Crippen LogP contribution in [0.3, 0.4) is 0 Å². The second-order valence-electron chi connectivity index (χ2n) is 2.80. The summed E-state index contributed by atoms with van der Waals surface area (Å²) in [4.78, 5) is 10.3. The van der Waals surface area contributed by atoms with Crippen molar-refractivity contribution in [2.75, 3.05) is 6.61 Å². The molecule has 0 saturated heterocycles. The van der Waals surface area contributed by atoms with Gasteiger partial charge >= 0.3 is 122 Å². The van der Waals surface area contributed by atoms with Crippen LogP contribution in [-0.2, 0) is 4.79 Å². The van der Waals surface area contributed by atoms with Crippen LogP contribution in [0.25, 0.3) is 0 Å². The molecule has 5 N–H and O–H groups in total. The minimum absolute atomic E-state index is 0. The third kappa shape index (κ3) is 4.85. The fraction of sp³-hybridized carbons (Fsp3) is 0.833. The van der Waals surface area contributed by atoms with Crippen molar-refractivity contribution >= 4 is 29.0 Å². The topological polar surface area (TPSA) is 141 Å². The molecule has 0 aromatic rings. The van der Waals surface area contributed by atoms with Crippen molar-refractivity contribution < 1.29 is 65.0 Å². The summed E-state index contributed by atoms with van der Waals surface area (Å²) in [5.74, 6) is -1.93. The van der Waals surface area contributed by atoms with Gasteiger partial charge in [-0.15, -0.1) is 0 Å².